The van der Waals surface area contributed by atoms with Gasteiger partial charge in [0.15, 0.2) is 0 Å². The number of benzene rings is 2. The molecule has 6 rings (SSSR count). The van der Waals surface area contributed by atoms with Crippen molar-refractivity contribution in [2.75, 3.05) is 54.5 Å². The van der Waals surface area contributed by atoms with Crippen molar-refractivity contribution in [3.63, 3.8) is 0 Å². The standard InChI is InChI=1S/2C11H16N2O2.2C6H4N5.ClHO4.Na.2Ni.H2O/c2*1-12-6-7-13-8-9-4-3-5-10(15-2)11(9)14;2*1-2-4-7-5(3-1)6-8-10-11-9-6;2-1(3,4)5;;;;/h2*3-5,8,12,14H,6-7H2,1-2H3;2*1-4H;(H,2,3,4,5);;;;1H2/q;;2*-1;;+1;2*+3;/p-3. The molecule has 0 unspecified atom stereocenters. The van der Waals surface area contributed by atoms with Crippen LogP contribution in [0.3, 0.4) is 0 Å². The number of methoxy groups -OCH3 is 2. The van der Waals surface area contributed by atoms with Crippen molar-refractivity contribution in [2.24, 2.45) is 9.98 Å². The van der Waals surface area contributed by atoms with Gasteiger partial charge in [-0.1, -0.05) is 47.9 Å². The summed E-state index contributed by atoms with van der Waals surface area (Å²) in [6.45, 7) is 2.92. The Bertz CT molecular complexity index is 1850. The molecule has 0 aliphatic carbocycles. The number of halogens is 1. The average Bonchev–Trinajstić information content (AvgIpc) is 3.97. The molecule has 0 saturated carbocycles. The molecule has 6 aromatic rings. The minimum absolute atomic E-state index is 0. The maximum atomic E-state index is 11.6. The second kappa shape index (κ2) is 36.1. The van der Waals surface area contributed by atoms with Gasteiger partial charge < -0.3 is 46.0 Å². The number of hydrogen-bond donors (Lipinski definition) is 2. The maximum absolute atomic E-state index is 11.6. The first-order valence-electron chi connectivity index (χ1n) is 16.3. The average molecular weight is 965 g/mol. The number of nitrogens with one attached hydrogen (secondary N) is 2. The van der Waals surface area contributed by atoms with Crippen LogP contribution >= 0.6 is 0 Å². The summed E-state index contributed by atoms with van der Waals surface area (Å²) >= 11 is 0. The maximum Gasteiger partial charge on any atom is 3.00 e. The van der Waals surface area contributed by atoms with Gasteiger partial charge in [-0.05, 0) is 61.6 Å². The molecule has 2 radical (unpaired) electrons. The van der Waals surface area contributed by atoms with Crippen LogP contribution < -0.4 is 88.7 Å². The predicted molar refractivity (Wildman–Crippen MR) is 194 cm³/mol. The molecular formula is C34H40ClN14NaNi2O9+2. The number of aromatic nitrogens is 10. The van der Waals surface area contributed by atoms with Gasteiger partial charge in [-0.2, -0.15) is 10.4 Å². The molecule has 27 heteroatoms. The Morgan fingerprint density at radius 1 is 0.639 bits per heavy atom. The van der Waals surface area contributed by atoms with E-state index < -0.39 is 10.2 Å². The van der Waals surface area contributed by atoms with E-state index in [2.05, 4.69) is 71.8 Å². The molecule has 0 amide bonds. The molecule has 61 heavy (non-hydrogen) atoms. The number of nitrogens with zero attached hydrogens (tertiary/aromatic N) is 12. The van der Waals surface area contributed by atoms with Crippen LogP contribution in [-0.4, -0.2) is 113 Å². The topological polar surface area (TPSA) is 368 Å². The summed E-state index contributed by atoms with van der Waals surface area (Å²) in [5, 5.41) is 57.2. The Morgan fingerprint density at radius 2 is 1.02 bits per heavy atom. The molecule has 4 heterocycles. The van der Waals surface area contributed by atoms with Crippen molar-refractivity contribution < 1.29 is 117 Å². The van der Waals surface area contributed by atoms with Gasteiger partial charge in [-0.3, -0.25) is 40.6 Å². The molecule has 4 N–H and O–H groups in total. The van der Waals surface area contributed by atoms with Crippen molar-refractivity contribution in [1.29, 1.82) is 0 Å². The van der Waals surface area contributed by atoms with Crippen LogP contribution in [0.25, 0.3) is 23.0 Å². The molecule has 0 atom stereocenters. The van der Waals surface area contributed by atoms with E-state index in [0.717, 1.165) is 13.1 Å². The van der Waals surface area contributed by atoms with Crippen molar-refractivity contribution in [2.45, 2.75) is 0 Å². The summed E-state index contributed by atoms with van der Waals surface area (Å²) in [4.78, 5) is 16.3. The Labute approximate surface area is 395 Å². The molecule has 0 aliphatic heterocycles. The number of ether oxygens (including phenoxy) is 2. The Kier molecular flexibility index (Phi) is 35.9. The summed E-state index contributed by atoms with van der Waals surface area (Å²) in [6.07, 6.45) is 6.52. The van der Waals surface area contributed by atoms with Crippen LogP contribution in [0, 0.1) is 10.2 Å². The second-order valence-electron chi connectivity index (χ2n) is 10.2. The number of tetrazole rings is 2. The normalized spacial score (nSPS) is 9.84. The number of aliphatic imine (C=N–C) groups is 2. The second-order valence-corrected chi connectivity index (χ2v) is 11.0. The third kappa shape index (κ3) is 26.4. The molecular weight excluding hydrogens is 924 g/mol. The minimum Gasteiger partial charge on any atom is -0.870 e. The van der Waals surface area contributed by atoms with Gasteiger partial charge in [0, 0.05) is 37.9 Å². The van der Waals surface area contributed by atoms with Crippen LogP contribution in [0.2, 0.25) is 0 Å². The summed E-state index contributed by atoms with van der Waals surface area (Å²) in [7, 11) is 1.75. The fourth-order valence-electron chi connectivity index (χ4n) is 3.75. The summed E-state index contributed by atoms with van der Waals surface area (Å²) in [6, 6.07) is 21.3. The first kappa shape index (κ1) is 60.7. The van der Waals surface area contributed by atoms with E-state index in [0.29, 0.717) is 58.8 Å². The zero-order valence-electron chi connectivity index (χ0n) is 33.2. The van der Waals surface area contributed by atoms with Gasteiger partial charge in [-0.25, -0.2) is 18.6 Å². The van der Waals surface area contributed by atoms with Gasteiger partial charge in [0.2, 0.25) is 0 Å². The van der Waals surface area contributed by atoms with Crippen LogP contribution in [-0.2, 0) is 33.0 Å². The number of likely N-dealkylation sites (N-methyl/N-ethyl adjacent to an activating group) is 2. The Morgan fingerprint density at radius 3 is 1.30 bits per heavy atom. The van der Waals surface area contributed by atoms with Crippen molar-refractivity contribution in [1.82, 2.24) is 61.8 Å². The van der Waals surface area contributed by atoms with Crippen molar-refractivity contribution in [3.05, 3.63) is 96.3 Å². The largest absolute Gasteiger partial charge is 3.00 e. The van der Waals surface area contributed by atoms with Gasteiger partial charge >= 0.3 is 62.5 Å². The minimum atomic E-state index is -4.94. The fourth-order valence-corrected chi connectivity index (χ4v) is 3.75. The van der Waals surface area contributed by atoms with E-state index in [1.165, 1.54) is 14.2 Å². The molecule has 0 aliphatic rings. The molecule has 2 aromatic carbocycles. The molecule has 4 aromatic heterocycles. The van der Waals surface area contributed by atoms with Crippen molar-refractivity contribution in [3.8, 4) is 46.0 Å². The summed E-state index contributed by atoms with van der Waals surface area (Å²) in [5.41, 5.74) is 2.51. The van der Waals surface area contributed by atoms with Gasteiger partial charge in [0.25, 0.3) is 0 Å². The van der Waals surface area contributed by atoms with Crippen LogP contribution in [0.4, 0.5) is 0 Å². The third-order valence-electron chi connectivity index (χ3n) is 6.33. The zero-order chi connectivity index (χ0) is 41.7. The molecule has 0 bridgehead atoms. The number of hydrogen-bond acceptors (Lipinski definition) is 20. The summed E-state index contributed by atoms with van der Waals surface area (Å²) in [5.74, 6) is 1.40. The zero-order valence-corrected chi connectivity index (χ0v) is 37.9. The van der Waals surface area contributed by atoms with Crippen LogP contribution in [0.15, 0.2) is 95.2 Å². The smallest absolute Gasteiger partial charge is 0.870 e. The van der Waals surface area contributed by atoms with Gasteiger partial charge in [0.1, 0.15) is 11.5 Å². The van der Waals surface area contributed by atoms with Gasteiger partial charge in [-0.15, -0.1) is 10.2 Å². The number of rotatable bonds is 12. The van der Waals surface area contributed by atoms with Gasteiger partial charge in [0.05, 0.1) is 50.3 Å². The number of para-hydroxylation sites is 2. The first-order chi connectivity index (χ1) is 27.5. The van der Waals surface area contributed by atoms with E-state index >= 15 is 0 Å². The summed E-state index contributed by atoms with van der Waals surface area (Å²) < 4.78 is 43.8. The molecule has 326 valence electrons. The van der Waals surface area contributed by atoms with E-state index in [-0.39, 0.29) is 79.5 Å². The van der Waals surface area contributed by atoms with Crippen molar-refractivity contribution >= 4 is 12.4 Å². The van der Waals surface area contributed by atoms with E-state index in [1.807, 2.05) is 38.4 Å². The Hall–Kier alpha value is -4.58. The molecule has 0 saturated heterocycles. The van der Waals surface area contributed by atoms with E-state index in [9.17, 15) is 10.2 Å². The molecule has 0 fully saturated rings. The fraction of sp³-hybridized carbons (Fsp3) is 0.235. The van der Waals surface area contributed by atoms with E-state index in [4.69, 9.17) is 28.1 Å². The monoisotopic (exact) mass is 962 g/mol. The SMILES string of the molecule is CNCCN=Cc1cccc(OC)c1[O-].CNCCN=Cc1cccc(OC)c1[O-].O.[Na+].[Ni+3].[Ni+3].[O-][Cl+3]([O-])([O-])[O-].c1ccc(-c2nnn[n-]2)nc1.c1ccc(-c2nnn[n-]2)nc1. The Balaban J connectivity index is -0.000000698. The van der Waals surface area contributed by atoms with Crippen LogP contribution in [0.1, 0.15) is 11.1 Å². The van der Waals surface area contributed by atoms with Crippen LogP contribution in [0.5, 0.6) is 23.0 Å². The third-order valence-corrected chi connectivity index (χ3v) is 6.33. The first-order valence-corrected chi connectivity index (χ1v) is 17.5. The molecule has 23 nitrogen and oxygen atoms in total. The quantitative estimate of drug-likeness (QED) is 0.0653. The van der Waals surface area contributed by atoms with E-state index in [1.54, 1.807) is 73.4 Å². The number of pyridine rings is 2. The predicted octanol–water partition coefficient (Wildman–Crippen LogP) is -7.99. The molecule has 0 spiro atoms.